The number of hydrogen-bond donors (Lipinski definition) is 1. The third kappa shape index (κ3) is 2.97. The van der Waals surface area contributed by atoms with Crippen molar-refractivity contribution in [3.8, 4) is 0 Å². The average Bonchev–Trinajstić information content (AvgIpc) is 1.67. The summed E-state index contributed by atoms with van der Waals surface area (Å²) in [6, 6.07) is 0. The Kier molecular flexibility index (Phi) is 3.79. The van der Waals surface area contributed by atoms with Crippen molar-refractivity contribution in [2.24, 2.45) is 5.92 Å². The maximum absolute atomic E-state index is 3.81. The maximum atomic E-state index is 3.81. The second-order valence-electron chi connectivity index (χ2n) is 1.99. The van der Waals surface area contributed by atoms with Crippen molar-refractivity contribution in [2.45, 2.75) is 13.8 Å². The minimum absolute atomic E-state index is 0.544. The van der Waals surface area contributed by atoms with Gasteiger partial charge >= 0.3 is 0 Å². The molecule has 0 aromatic rings. The molecule has 0 aliphatic rings. The lowest BCUT2D eigenvalue weighted by Crippen LogP contribution is -2.06. The van der Waals surface area contributed by atoms with Crippen LogP contribution in [-0.4, -0.2) is 6.26 Å². The molecular weight excluding hydrogens is 118 g/mol. The van der Waals surface area contributed by atoms with Gasteiger partial charge in [-0.25, -0.2) is 0 Å². The summed E-state index contributed by atoms with van der Waals surface area (Å²) in [4.78, 5) is 0. The largest absolute Gasteiger partial charge is 0.334 e. The van der Waals surface area contributed by atoms with E-state index in [1.165, 1.54) is 0 Å². The molecule has 1 N–H and O–H groups in total. The van der Waals surface area contributed by atoms with Gasteiger partial charge in [0.2, 0.25) is 0 Å². The predicted octanol–water partition coefficient (Wildman–Crippen LogP) is 2.02. The van der Waals surface area contributed by atoms with Crippen molar-refractivity contribution in [3.63, 3.8) is 0 Å². The third-order valence-electron chi connectivity index (χ3n) is 0.930. The molecule has 0 aromatic heterocycles. The highest BCUT2D eigenvalue weighted by Crippen LogP contribution is 2.04. The molecule has 48 valence electrons. The molecule has 0 rings (SSSR count). The van der Waals surface area contributed by atoms with E-state index in [0.717, 1.165) is 5.70 Å². The Bertz CT molecular complexity index is 78.6. The van der Waals surface area contributed by atoms with Gasteiger partial charge in [0.15, 0.2) is 0 Å². The minimum Gasteiger partial charge on any atom is -0.334 e. The van der Waals surface area contributed by atoms with Crippen molar-refractivity contribution in [3.05, 3.63) is 12.3 Å². The van der Waals surface area contributed by atoms with Crippen molar-refractivity contribution >= 4 is 11.9 Å². The molecule has 0 aliphatic heterocycles. The van der Waals surface area contributed by atoms with E-state index in [4.69, 9.17) is 0 Å². The molecule has 0 unspecified atom stereocenters. The van der Waals surface area contributed by atoms with Crippen LogP contribution >= 0.6 is 11.9 Å². The van der Waals surface area contributed by atoms with Gasteiger partial charge in [0, 0.05) is 12.0 Å². The SMILES string of the molecule is C=C(NSC)C(C)C. The van der Waals surface area contributed by atoms with E-state index >= 15 is 0 Å². The topological polar surface area (TPSA) is 12.0 Å². The Morgan fingerprint density at radius 3 is 2.25 bits per heavy atom. The van der Waals surface area contributed by atoms with Gasteiger partial charge in [-0.3, -0.25) is 0 Å². The van der Waals surface area contributed by atoms with Crippen molar-refractivity contribution in [1.29, 1.82) is 0 Å². The Morgan fingerprint density at radius 2 is 2.12 bits per heavy atom. The predicted molar refractivity (Wildman–Crippen MR) is 40.6 cm³/mol. The zero-order valence-corrected chi connectivity index (χ0v) is 6.51. The fourth-order valence-corrected chi connectivity index (χ4v) is 0.747. The smallest absolute Gasteiger partial charge is 0.0164 e. The molecule has 0 heterocycles. The van der Waals surface area contributed by atoms with E-state index in [-0.39, 0.29) is 0 Å². The molecular formula is C6H13NS. The van der Waals surface area contributed by atoms with Gasteiger partial charge in [0.05, 0.1) is 0 Å². The second-order valence-corrected chi connectivity index (χ2v) is 2.60. The van der Waals surface area contributed by atoms with Gasteiger partial charge in [-0.2, -0.15) is 0 Å². The first-order valence-electron chi connectivity index (χ1n) is 2.66. The van der Waals surface area contributed by atoms with Crippen LogP contribution in [0.3, 0.4) is 0 Å². The fourth-order valence-electron chi connectivity index (χ4n) is 0.249. The lowest BCUT2D eigenvalue weighted by molar-refractivity contribution is 0.744. The molecule has 0 aromatic carbocycles. The Morgan fingerprint density at radius 1 is 1.62 bits per heavy atom. The molecule has 1 nitrogen and oxygen atoms in total. The van der Waals surface area contributed by atoms with Crippen LogP contribution in [-0.2, 0) is 0 Å². The fraction of sp³-hybridized carbons (Fsp3) is 0.667. The van der Waals surface area contributed by atoms with E-state index in [1.807, 2.05) is 6.26 Å². The standard InChI is InChI=1S/C6H13NS/c1-5(2)6(3)7-8-4/h5,7H,3H2,1-2,4H3. The summed E-state index contributed by atoms with van der Waals surface area (Å²) in [6.07, 6.45) is 1.99. The van der Waals surface area contributed by atoms with E-state index in [0.29, 0.717) is 5.92 Å². The Labute approximate surface area is 55.7 Å². The van der Waals surface area contributed by atoms with E-state index in [9.17, 15) is 0 Å². The van der Waals surface area contributed by atoms with Gasteiger partial charge in [0.1, 0.15) is 0 Å². The van der Waals surface area contributed by atoms with E-state index < -0.39 is 0 Å². The average molecular weight is 131 g/mol. The zero-order valence-electron chi connectivity index (χ0n) is 5.69. The first-order valence-corrected chi connectivity index (χ1v) is 3.88. The van der Waals surface area contributed by atoms with Crippen LogP contribution in [0.2, 0.25) is 0 Å². The van der Waals surface area contributed by atoms with Gasteiger partial charge in [0.25, 0.3) is 0 Å². The van der Waals surface area contributed by atoms with Crippen LogP contribution in [0, 0.1) is 5.92 Å². The monoisotopic (exact) mass is 131 g/mol. The summed E-state index contributed by atoms with van der Waals surface area (Å²) in [6.45, 7) is 8.05. The molecule has 0 radical (unpaired) electrons. The van der Waals surface area contributed by atoms with Gasteiger partial charge < -0.3 is 4.72 Å². The summed E-state index contributed by atoms with van der Waals surface area (Å²) in [5, 5.41) is 0. The van der Waals surface area contributed by atoms with Gasteiger partial charge in [-0.05, 0) is 5.92 Å². The summed E-state index contributed by atoms with van der Waals surface area (Å²) >= 11 is 1.59. The maximum Gasteiger partial charge on any atom is 0.0164 e. The third-order valence-corrected chi connectivity index (χ3v) is 1.40. The molecule has 0 amide bonds. The van der Waals surface area contributed by atoms with Crippen molar-refractivity contribution in [1.82, 2.24) is 4.72 Å². The Hall–Kier alpha value is -0.110. The molecule has 0 fully saturated rings. The Balaban J connectivity index is 3.33. The highest BCUT2D eigenvalue weighted by molar-refractivity contribution is 7.96. The first kappa shape index (κ1) is 7.89. The number of hydrogen-bond acceptors (Lipinski definition) is 2. The molecule has 0 aliphatic carbocycles. The van der Waals surface area contributed by atoms with Crippen LogP contribution in [0.4, 0.5) is 0 Å². The molecule has 0 saturated heterocycles. The summed E-state index contributed by atoms with van der Waals surface area (Å²) in [5.74, 6) is 0.544. The highest BCUT2D eigenvalue weighted by Gasteiger charge is 1.95. The number of nitrogens with one attached hydrogen (secondary N) is 1. The molecule has 8 heavy (non-hydrogen) atoms. The van der Waals surface area contributed by atoms with Crippen LogP contribution in [0.25, 0.3) is 0 Å². The second kappa shape index (κ2) is 3.84. The highest BCUT2D eigenvalue weighted by atomic mass is 32.2. The quantitative estimate of drug-likeness (QED) is 0.588. The van der Waals surface area contributed by atoms with Crippen molar-refractivity contribution in [2.75, 3.05) is 6.26 Å². The van der Waals surface area contributed by atoms with Crippen LogP contribution in [0.5, 0.6) is 0 Å². The lowest BCUT2D eigenvalue weighted by atomic mass is 10.2. The number of rotatable bonds is 3. The summed E-state index contributed by atoms with van der Waals surface area (Å²) in [5.41, 5.74) is 1.09. The van der Waals surface area contributed by atoms with E-state index in [1.54, 1.807) is 11.9 Å². The number of allylic oxidation sites excluding steroid dienone is 1. The summed E-state index contributed by atoms with van der Waals surface area (Å²) in [7, 11) is 0. The normalized spacial score (nSPS) is 9.50. The first-order chi connectivity index (χ1) is 3.68. The van der Waals surface area contributed by atoms with Crippen LogP contribution in [0.15, 0.2) is 12.3 Å². The van der Waals surface area contributed by atoms with E-state index in [2.05, 4.69) is 25.1 Å². The zero-order chi connectivity index (χ0) is 6.57. The molecule has 2 heteroatoms. The van der Waals surface area contributed by atoms with Crippen LogP contribution in [0.1, 0.15) is 13.8 Å². The van der Waals surface area contributed by atoms with Gasteiger partial charge in [-0.1, -0.05) is 32.4 Å². The van der Waals surface area contributed by atoms with Crippen LogP contribution < -0.4 is 4.72 Å². The summed E-state index contributed by atoms with van der Waals surface area (Å²) < 4.78 is 3.07. The van der Waals surface area contributed by atoms with Gasteiger partial charge in [-0.15, -0.1) is 0 Å². The molecule has 0 bridgehead atoms. The molecule has 0 spiro atoms. The van der Waals surface area contributed by atoms with Crippen molar-refractivity contribution < 1.29 is 0 Å². The molecule has 0 atom stereocenters. The lowest BCUT2D eigenvalue weighted by Gasteiger charge is -2.08. The minimum atomic E-state index is 0.544. The molecule has 0 saturated carbocycles.